The van der Waals surface area contributed by atoms with Gasteiger partial charge in [0.2, 0.25) is 0 Å². The first-order valence-corrected chi connectivity index (χ1v) is 7.37. The summed E-state index contributed by atoms with van der Waals surface area (Å²) in [6.45, 7) is 0. The molecule has 4 heteroatoms. The van der Waals surface area contributed by atoms with Crippen molar-refractivity contribution in [3.05, 3.63) is 83.1 Å². The number of benzene rings is 2. The molecule has 3 nitrogen and oxygen atoms in total. The number of halogens is 1. The average molecular weight is 325 g/mol. The molecule has 1 heterocycles. The van der Waals surface area contributed by atoms with Crippen molar-refractivity contribution >= 4 is 23.5 Å². The van der Waals surface area contributed by atoms with E-state index in [4.69, 9.17) is 16.0 Å². The number of rotatable bonds is 4. The van der Waals surface area contributed by atoms with E-state index in [1.807, 2.05) is 24.3 Å². The van der Waals surface area contributed by atoms with Crippen LogP contribution in [0.1, 0.15) is 16.1 Å². The molecule has 0 atom stereocenters. The lowest BCUT2D eigenvalue weighted by molar-refractivity contribution is 0.104. The summed E-state index contributed by atoms with van der Waals surface area (Å²) in [6, 6.07) is 17.2. The summed E-state index contributed by atoms with van der Waals surface area (Å²) in [5.74, 6) is 1.09. The van der Waals surface area contributed by atoms with Gasteiger partial charge in [0.1, 0.15) is 17.3 Å². The predicted octanol–water partition coefficient (Wildman–Crippen LogP) is 5.20. The number of allylic oxidation sites excluding steroid dienone is 1. The van der Waals surface area contributed by atoms with E-state index in [2.05, 4.69) is 0 Å². The van der Waals surface area contributed by atoms with Crippen LogP contribution in [0.25, 0.3) is 17.4 Å². The quantitative estimate of drug-likeness (QED) is 0.530. The van der Waals surface area contributed by atoms with Crippen molar-refractivity contribution in [2.75, 3.05) is 0 Å². The lowest BCUT2D eigenvalue weighted by Crippen LogP contribution is -1.92. The van der Waals surface area contributed by atoms with Gasteiger partial charge in [0.25, 0.3) is 0 Å². The van der Waals surface area contributed by atoms with Crippen LogP contribution in [-0.4, -0.2) is 10.9 Å². The Morgan fingerprint density at radius 3 is 2.65 bits per heavy atom. The van der Waals surface area contributed by atoms with Gasteiger partial charge >= 0.3 is 0 Å². The highest BCUT2D eigenvalue weighted by molar-refractivity contribution is 6.30. The molecule has 0 bridgehead atoms. The molecule has 114 valence electrons. The van der Waals surface area contributed by atoms with Gasteiger partial charge in [0.05, 0.1) is 0 Å². The van der Waals surface area contributed by atoms with Crippen molar-refractivity contribution in [2.45, 2.75) is 0 Å². The van der Waals surface area contributed by atoms with Crippen LogP contribution in [0.4, 0.5) is 0 Å². The van der Waals surface area contributed by atoms with Crippen LogP contribution < -0.4 is 0 Å². The molecule has 3 aromatic rings. The molecule has 23 heavy (non-hydrogen) atoms. The summed E-state index contributed by atoms with van der Waals surface area (Å²) in [4.78, 5) is 12.0. The summed E-state index contributed by atoms with van der Waals surface area (Å²) in [7, 11) is 0. The van der Waals surface area contributed by atoms with Crippen LogP contribution in [0.2, 0.25) is 5.02 Å². The summed E-state index contributed by atoms with van der Waals surface area (Å²) in [5, 5.41) is 10.0. The Balaban J connectivity index is 1.77. The van der Waals surface area contributed by atoms with Gasteiger partial charge in [-0.15, -0.1) is 0 Å². The van der Waals surface area contributed by atoms with Gasteiger partial charge < -0.3 is 9.52 Å². The number of carbonyl (C=O) groups excluding carboxylic acids is 1. The van der Waals surface area contributed by atoms with Crippen molar-refractivity contribution in [3.8, 4) is 17.1 Å². The predicted molar refractivity (Wildman–Crippen MR) is 90.6 cm³/mol. The zero-order chi connectivity index (χ0) is 16.2. The summed E-state index contributed by atoms with van der Waals surface area (Å²) >= 11 is 5.96. The Morgan fingerprint density at radius 2 is 1.87 bits per heavy atom. The minimum absolute atomic E-state index is 0.0606. The highest BCUT2D eigenvalue weighted by Gasteiger charge is 2.05. The Labute approximate surface area is 138 Å². The SMILES string of the molecule is O=C(/C=C/c1ccc(-c2cccc(Cl)c2)o1)c1cccc(O)c1. The Bertz CT molecular complexity index is 878. The first-order valence-electron chi connectivity index (χ1n) is 6.99. The topological polar surface area (TPSA) is 50.4 Å². The standard InChI is InChI=1S/C19H13ClO3/c20-15-5-1-4-14(11-15)19-10-8-17(23-19)7-9-18(22)13-3-2-6-16(21)12-13/h1-12,21H/b9-7+. The third-order valence-corrected chi connectivity index (χ3v) is 3.50. The van der Waals surface area contributed by atoms with Crippen LogP contribution in [0, 0.1) is 0 Å². The number of phenols is 1. The minimum atomic E-state index is -0.207. The van der Waals surface area contributed by atoms with Gasteiger partial charge in [-0.1, -0.05) is 35.9 Å². The van der Waals surface area contributed by atoms with Gasteiger partial charge in [-0.05, 0) is 48.6 Å². The molecule has 0 amide bonds. The highest BCUT2D eigenvalue weighted by atomic mass is 35.5. The monoisotopic (exact) mass is 324 g/mol. The molecule has 1 N–H and O–H groups in total. The molecule has 0 spiro atoms. The van der Waals surface area contributed by atoms with Gasteiger partial charge in [0.15, 0.2) is 5.78 Å². The maximum atomic E-state index is 12.0. The van der Waals surface area contributed by atoms with Crippen molar-refractivity contribution in [2.24, 2.45) is 0 Å². The largest absolute Gasteiger partial charge is 0.508 e. The normalized spacial score (nSPS) is 11.0. The Kier molecular flexibility index (Phi) is 4.31. The summed E-state index contributed by atoms with van der Waals surface area (Å²) in [5.41, 5.74) is 1.29. The van der Waals surface area contributed by atoms with E-state index < -0.39 is 0 Å². The molecule has 0 fully saturated rings. The van der Waals surface area contributed by atoms with E-state index in [0.717, 1.165) is 5.56 Å². The fourth-order valence-corrected chi connectivity index (χ4v) is 2.34. The van der Waals surface area contributed by atoms with Crippen LogP contribution >= 0.6 is 11.6 Å². The molecule has 0 aliphatic rings. The smallest absolute Gasteiger partial charge is 0.186 e. The number of phenolic OH excluding ortho intramolecular Hbond substituents is 1. The number of furan rings is 1. The first-order chi connectivity index (χ1) is 11.1. The molecule has 3 rings (SSSR count). The average Bonchev–Trinajstić information content (AvgIpc) is 3.01. The Morgan fingerprint density at radius 1 is 1.04 bits per heavy atom. The van der Waals surface area contributed by atoms with Crippen LogP contribution in [0.3, 0.4) is 0 Å². The molecule has 0 saturated carbocycles. The molecule has 0 radical (unpaired) electrons. The molecule has 1 aromatic heterocycles. The third kappa shape index (κ3) is 3.71. The van der Waals surface area contributed by atoms with E-state index >= 15 is 0 Å². The van der Waals surface area contributed by atoms with Crippen LogP contribution in [0.5, 0.6) is 5.75 Å². The van der Waals surface area contributed by atoms with Crippen LogP contribution in [0.15, 0.2) is 71.2 Å². The summed E-state index contributed by atoms with van der Waals surface area (Å²) in [6.07, 6.45) is 3.01. The fraction of sp³-hybridized carbons (Fsp3) is 0. The van der Waals surface area contributed by atoms with Crippen molar-refractivity contribution in [1.29, 1.82) is 0 Å². The second-order valence-corrected chi connectivity index (χ2v) is 5.40. The van der Waals surface area contributed by atoms with Crippen molar-refractivity contribution in [1.82, 2.24) is 0 Å². The zero-order valence-electron chi connectivity index (χ0n) is 12.1. The summed E-state index contributed by atoms with van der Waals surface area (Å²) < 4.78 is 5.69. The third-order valence-electron chi connectivity index (χ3n) is 3.27. The van der Waals surface area contributed by atoms with Crippen LogP contribution in [-0.2, 0) is 0 Å². The van der Waals surface area contributed by atoms with E-state index in [0.29, 0.717) is 22.1 Å². The molecule has 2 aromatic carbocycles. The molecular formula is C19H13ClO3. The van der Waals surface area contributed by atoms with Gasteiger partial charge in [-0.25, -0.2) is 0 Å². The van der Waals surface area contributed by atoms with E-state index in [1.54, 1.807) is 30.3 Å². The molecule has 0 saturated heterocycles. The van der Waals surface area contributed by atoms with E-state index in [1.165, 1.54) is 18.2 Å². The molecular weight excluding hydrogens is 312 g/mol. The van der Waals surface area contributed by atoms with Gasteiger partial charge in [0, 0.05) is 16.1 Å². The molecule has 0 unspecified atom stereocenters. The second-order valence-electron chi connectivity index (χ2n) is 4.96. The molecule has 0 aliphatic carbocycles. The second kappa shape index (κ2) is 6.55. The fourth-order valence-electron chi connectivity index (χ4n) is 2.15. The minimum Gasteiger partial charge on any atom is -0.508 e. The van der Waals surface area contributed by atoms with Gasteiger partial charge in [-0.3, -0.25) is 4.79 Å². The number of ketones is 1. The van der Waals surface area contributed by atoms with E-state index in [-0.39, 0.29) is 11.5 Å². The van der Waals surface area contributed by atoms with E-state index in [9.17, 15) is 9.90 Å². The first kappa shape index (κ1) is 15.1. The Hall–Kier alpha value is -2.78. The maximum Gasteiger partial charge on any atom is 0.186 e. The zero-order valence-corrected chi connectivity index (χ0v) is 12.8. The number of hydrogen-bond donors (Lipinski definition) is 1. The number of carbonyl (C=O) groups is 1. The van der Waals surface area contributed by atoms with Crippen molar-refractivity contribution in [3.63, 3.8) is 0 Å². The lowest BCUT2D eigenvalue weighted by atomic mass is 10.1. The highest BCUT2D eigenvalue weighted by Crippen LogP contribution is 2.25. The number of hydrogen-bond acceptors (Lipinski definition) is 3. The maximum absolute atomic E-state index is 12.0. The molecule has 0 aliphatic heterocycles. The number of aromatic hydroxyl groups is 1. The van der Waals surface area contributed by atoms with Crippen molar-refractivity contribution < 1.29 is 14.3 Å². The van der Waals surface area contributed by atoms with Gasteiger partial charge in [-0.2, -0.15) is 0 Å². The lowest BCUT2D eigenvalue weighted by Gasteiger charge is -1.97.